The molecule has 0 aromatic heterocycles. The van der Waals surface area contributed by atoms with E-state index in [1.165, 1.54) is 37.7 Å². The van der Waals surface area contributed by atoms with Crippen molar-refractivity contribution in [3.63, 3.8) is 0 Å². The summed E-state index contributed by atoms with van der Waals surface area (Å²) in [5.41, 5.74) is 1.70. The molecule has 1 N–H and O–H groups in total. The molecule has 0 radical (unpaired) electrons. The number of methoxy groups -OCH3 is 2. The van der Waals surface area contributed by atoms with Crippen molar-refractivity contribution >= 4 is 0 Å². The van der Waals surface area contributed by atoms with Crippen LogP contribution in [0.3, 0.4) is 0 Å². The Morgan fingerprint density at radius 2 is 1.90 bits per heavy atom. The maximum absolute atomic E-state index is 5.51. The van der Waals surface area contributed by atoms with Crippen LogP contribution in [0.1, 0.15) is 57.6 Å². The van der Waals surface area contributed by atoms with Gasteiger partial charge in [-0.1, -0.05) is 25.8 Å². The maximum Gasteiger partial charge on any atom is 0.127 e. The van der Waals surface area contributed by atoms with Crippen LogP contribution in [0.2, 0.25) is 0 Å². The zero-order valence-electron chi connectivity index (χ0n) is 13.9. The van der Waals surface area contributed by atoms with E-state index in [1.54, 1.807) is 14.2 Å². The van der Waals surface area contributed by atoms with Crippen LogP contribution in [-0.4, -0.2) is 20.8 Å². The summed E-state index contributed by atoms with van der Waals surface area (Å²) in [5.74, 6) is 1.73. The third kappa shape index (κ3) is 3.70. The van der Waals surface area contributed by atoms with E-state index in [4.69, 9.17) is 9.47 Å². The monoisotopic (exact) mass is 291 g/mol. The lowest BCUT2D eigenvalue weighted by Gasteiger charge is -2.30. The van der Waals surface area contributed by atoms with Crippen molar-refractivity contribution in [1.29, 1.82) is 0 Å². The molecule has 1 fully saturated rings. The van der Waals surface area contributed by atoms with Gasteiger partial charge in [0.15, 0.2) is 0 Å². The highest BCUT2D eigenvalue weighted by Gasteiger charge is 2.32. The van der Waals surface area contributed by atoms with E-state index in [-0.39, 0.29) is 6.04 Å². The van der Waals surface area contributed by atoms with Gasteiger partial charge in [-0.15, -0.1) is 0 Å². The van der Waals surface area contributed by atoms with Gasteiger partial charge in [0.05, 0.1) is 14.2 Å². The Balaban J connectivity index is 2.04. The number of benzene rings is 1. The standard InChI is InChI=1S/C18H29NO2/c1-5-18(10-6-7-11-18)13-19-14(2)16-9-8-15(20-3)12-17(16)21-4/h8-9,12,14,19H,5-7,10-11,13H2,1-4H3. The van der Waals surface area contributed by atoms with E-state index in [0.29, 0.717) is 5.41 Å². The van der Waals surface area contributed by atoms with Crippen LogP contribution < -0.4 is 14.8 Å². The third-order valence-electron chi connectivity index (χ3n) is 5.10. The lowest BCUT2D eigenvalue weighted by molar-refractivity contribution is 0.257. The molecule has 21 heavy (non-hydrogen) atoms. The molecule has 0 bridgehead atoms. The molecule has 1 aromatic rings. The van der Waals surface area contributed by atoms with E-state index in [2.05, 4.69) is 25.2 Å². The molecule has 0 heterocycles. The van der Waals surface area contributed by atoms with Crippen molar-refractivity contribution < 1.29 is 9.47 Å². The normalized spacial score (nSPS) is 18.5. The lowest BCUT2D eigenvalue weighted by Crippen LogP contribution is -2.33. The number of rotatable bonds is 7. The zero-order valence-corrected chi connectivity index (χ0v) is 13.9. The van der Waals surface area contributed by atoms with Gasteiger partial charge >= 0.3 is 0 Å². The van der Waals surface area contributed by atoms with Crippen molar-refractivity contribution in [2.45, 2.75) is 52.0 Å². The largest absolute Gasteiger partial charge is 0.497 e. The van der Waals surface area contributed by atoms with Crippen LogP contribution in [0.5, 0.6) is 11.5 Å². The molecule has 1 unspecified atom stereocenters. The molecular formula is C18H29NO2. The van der Waals surface area contributed by atoms with Gasteiger partial charge < -0.3 is 14.8 Å². The maximum atomic E-state index is 5.51. The van der Waals surface area contributed by atoms with Crippen molar-refractivity contribution in [3.8, 4) is 11.5 Å². The summed E-state index contributed by atoms with van der Waals surface area (Å²) in [5, 5.41) is 3.72. The molecule has 0 spiro atoms. The van der Waals surface area contributed by atoms with Crippen LogP contribution in [0, 0.1) is 5.41 Å². The fourth-order valence-corrected chi connectivity index (χ4v) is 3.44. The first kappa shape index (κ1) is 16.2. The predicted molar refractivity (Wildman–Crippen MR) is 87.2 cm³/mol. The van der Waals surface area contributed by atoms with E-state index in [0.717, 1.165) is 18.0 Å². The Morgan fingerprint density at radius 1 is 1.19 bits per heavy atom. The third-order valence-corrected chi connectivity index (χ3v) is 5.10. The molecule has 2 rings (SSSR count). The Kier molecular flexibility index (Phi) is 5.51. The average molecular weight is 291 g/mol. The van der Waals surface area contributed by atoms with Gasteiger partial charge in [0.1, 0.15) is 11.5 Å². The van der Waals surface area contributed by atoms with Crippen LogP contribution in [0.4, 0.5) is 0 Å². The smallest absolute Gasteiger partial charge is 0.127 e. The molecule has 1 aliphatic rings. The highest BCUT2D eigenvalue weighted by molar-refractivity contribution is 5.42. The molecule has 1 aromatic carbocycles. The van der Waals surface area contributed by atoms with E-state index in [9.17, 15) is 0 Å². The molecule has 118 valence electrons. The van der Waals surface area contributed by atoms with Crippen LogP contribution >= 0.6 is 0 Å². The van der Waals surface area contributed by atoms with E-state index >= 15 is 0 Å². The lowest BCUT2D eigenvalue weighted by atomic mass is 9.83. The molecule has 1 saturated carbocycles. The van der Waals surface area contributed by atoms with Crippen molar-refractivity contribution in [2.24, 2.45) is 5.41 Å². The Labute approximate surface area is 129 Å². The van der Waals surface area contributed by atoms with Gasteiger partial charge in [0, 0.05) is 24.2 Å². The Morgan fingerprint density at radius 3 is 2.48 bits per heavy atom. The first-order valence-electron chi connectivity index (χ1n) is 8.09. The Hall–Kier alpha value is -1.22. The quantitative estimate of drug-likeness (QED) is 0.811. The van der Waals surface area contributed by atoms with E-state index in [1.807, 2.05) is 12.1 Å². The molecule has 0 amide bonds. The highest BCUT2D eigenvalue weighted by Crippen LogP contribution is 2.41. The fourth-order valence-electron chi connectivity index (χ4n) is 3.44. The minimum absolute atomic E-state index is 0.287. The van der Waals surface area contributed by atoms with Crippen molar-refractivity contribution in [2.75, 3.05) is 20.8 Å². The van der Waals surface area contributed by atoms with Crippen molar-refractivity contribution in [1.82, 2.24) is 5.32 Å². The first-order chi connectivity index (χ1) is 10.1. The summed E-state index contributed by atoms with van der Waals surface area (Å²) in [7, 11) is 3.40. The molecular weight excluding hydrogens is 262 g/mol. The topological polar surface area (TPSA) is 30.5 Å². The SMILES string of the molecule is CCC1(CNC(C)c2ccc(OC)cc2OC)CCCC1. The molecule has 3 heteroatoms. The second-order valence-corrected chi connectivity index (χ2v) is 6.27. The van der Waals surface area contributed by atoms with E-state index < -0.39 is 0 Å². The Bertz CT molecular complexity index is 453. The average Bonchev–Trinajstić information content (AvgIpc) is 3.01. The first-order valence-corrected chi connectivity index (χ1v) is 8.09. The van der Waals surface area contributed by atoms with Gasteiger partial charge in [-0.2, -0.15) is 0 Å². The molecule has 1 aliphatic carbocycles. The van der Waals surface area contributed by atoms with Gasteiger partial charge in [0.25, 0.3) is 0 Å². The van der Waals surface area contributed by atoms with Crippen molar-refractivity contribution in [3.05, 3.63) is 23.8 Å². The minimum atomic E-state index is 0.287. The van der Waals surface area contributed by atoms with Gasteiger partial charge in [0.2, 0.25) is 0 Å². The van der Waals surface area contributed by atoms with Gasteiger partial charge in [-0.3, -0.25) is 0 Å². The number of hydrogen-bond donors (Lipinski definition) is 1. The molecule has 0 aliphatic heterocycles. The molecule has 3 nitrogen and oxygen atoms in total. The second kappa shape index (κ2) is 7.17. The van der Waals surface area contributed by atoms with Gasteiger partial charge in [-0.25, -0.2) is 0 Å². The predicted octanol–water partition coefficient (Wildman–Crippen LogP) is 4.32. The number of hydrogen-bond acceptors (Lipinski definition) is 3. The second-order valence-electron chi connectivity index (χ2n) is 6.27. The number of nitrogens with one attached hydrogen (secondary N) is 1. The highest BCUT2D eigenvalue weighted by atomic mass is 16.5. The fraction of sp³-hybridized carbons (Fsp3) is 0.667. The summed E-state index contributed by atoms with van der Waals surface area (Å²) in [4.78, 5) is 0. The van der Waals surface area contributed by atoms with Crippen LogP contribution in [0.15, 0.2) is 18.2 Å². The summed E-state index contributed by atoms with van der Waals surface area (Å²) in [6.07, 6.45) is 6.77. The summed E-state index contributed by atoms with van der Waals surface area (Å²) in [6.45, 7) is 5.63. The summed E-state index contributed by atoms with van der Waals surface area (Å²) >= 11 is 0. The summed E-state index contributed by atoms with van der Waals surface area (Å²) < 4.78 is 10.8. The van der Waals surface area contributed by atoms with Crippen LogP contribution in [-0.2, 0) is 0 Å². The zero-order chi connectivity index (χ0) is 15.3. The van der Waals surface area contributed by atoms with Gasteiger partial charge in [-0.05, 0) is 37.7 Å². The number of ether oxygens (including phenoxy) is 2. The van der Waals surface area contributed by atoms with Crippen LogP contribution in [0.25, 0.3) is 0 Å². The molecule has 0 saturated heterocycles. The minimum Gasteiger partial charge on any atom is -0.497 e. The molecule has 1 atom stereocenters. The summed E-state index contributed by atoms with van der Waals surface area (Å²) in [6, 6.07) is 6.34.